The zero-order valence-corrected chi connectivity index (χ0v) is 17.4. The monoisotopic (exact) mass is 390 g/mol. The molecule has 1 aromatic heterocycles. The van der Waals surface area contributed by atoms with Crippen molar-refractivity contribution in [1.82, 2.24) is 35.2 Å². The first-order chi connectivity index (χ1) is 13.6. The molecule has 2 aliphatic rings. The van der Waals surface area contributed by atoms with Crippen molar-refractivity contribution in [3.05, 3.63) is 11.6 Å². The number of rotatable bonds is 7. The Morgan fingerprint density at radius 1 is 1.18 bits per heavy atom. The first-order valence-electron chi connectivity index (χ1n) is 10.5. The van der Waals surface area contributed by atoms with Crippen LogP contribution in [0.3, 0.4) is 0 Å². The molecule has 0 saturated carbocycles. The third-order valence-corrected chi connectivity index (χ3v) is 5.84. The highest BCUT2D eigenvalue weighted by Crippen LogP contribution is 2.15. The Morgan fingerprint density at radius 3 is 2.64 bits per heavy atom. The van der Waals surface area contributed by atoms with Gasteiger partial charge in [0.05, 0.1) is 6.54 Å². The second-order valence-corrected chi connectivity index (χ2v) is 7.63. The van der Waals surface area contributed by atoms with Gasteiger partial charge in [0, 0.05) is 32.7 Å². The van der Waals surface area contributed by atoms with E-state index in [0.717, 1.165) is 57.2 Å². The van der Waals surface area contributed by atoms with Gasteiger partial charge in [-0.15, -0.1) is 10.2 Å². The number of aryl methyl sites for hydroxylation is 1. The minimum absolute atomic E-state index is 0.137. The lowest BCUT2D eigenvalue weighted by atomic mass is 10.2. The Bertz CT molecular complexity index is 679. The number of nitrogens with one attached hydrogen (secondary N) is 2. The molecular weight excluding hydrogens is 356 g/mol. The van der Waals surface area contributed by atoms with E-state index in [9.17, 15) is 4.79 Å². The molecule has 3 rings (SSSR count). The summed E-state index contributed by atoms with van der Waals surface area (Å²) in [7, 11) is 1.94. The van der Waals surface area contributed by atoms with E-state index in [1.807, 2.05) is 23.4 Å². The van der Waals surface area contributed by atoms with Gasteiger partial charge in [0.15, 0.2) is 11.8 Å². The SMILES string of the molecule is CCN1CCCC1CNC(=NCc1nnc(C)n1C)NCC(=O)N1CCCC1. The van der Waals surface area contributed by atoms with Crippen molar-refractivity contribution in [2.45, 2.75) is 52.1 Å². The summed E-state index contributed by atoms with van der Waals surface area (Å²) in [4.78, 5) is 21.5. The predicted molar refractivity (Wildman–Crippen MR) is 109 cm³/mol. The summed E-state index contributed by atoms with van der Waals surface area (Å²) in [5.74, 6) is 2.47. The first kappa shape index (κ1) is 20.6. The summed E-state index contributed by atoms with van der Waals surface area (Å²) in [5, 5.41) is 14.9. The topological polar surface area (TPSA) is 90.7 Å². The second-order valence-electron chi connectivity index (χ2n) is 7.63. The molecule has 1 aromatic rings. The fourth-order valence-corrected chi connectivity index (χ4v) is 3.91. The Labute approximate surface area is 167 Å². The Kier molecular flexibility index (Phi) is 7.24. The van der Waals surface area contributed by atoms with Gasteiger partial charge in [-0.2, -0.15) is 0 Å². The lowest BCUT2D eigenvalue weighted by Crippen LogP contribution is -2.47. The first-order valence-corrected chi connectivity index (χ1v) is 10.5. The van der Waals surface area contributed by atoms with E-state index in [1.54, 1.807) is 0 Å². The van der Waals surface area contributed by atoms with Crippen LogP contribution in [-0.4, -0.2) is 81.7 Å². The standard InChI is InChI=1S/C19H34N8O/c1-4-26-11-7-8-16(26)12-20-19(21-13-17-24-23-15(2)25(17)3)22-14-18(28)27-9-5-6-10-27/h16H,4-14H2,1-3H3,(H2,20,21,22). The maximum absolute atomic E-state index is 12.4. The van der Waals surface area contributed by atoms with Gasteiger partial charge in [0.25, 0.3) is 0 Å². The highest BCUT2D eigenvalue weighted by Gasteiger charge is 2.23. The third kappa shape index (κ3) is 5.21. The molecule has 3 heterocycles. The van der Waals surface area contributed by atoms with E-state index in [-0.39, 0.29) is 12.5 Å². The zero-order valence-electron chi connectivity index (χ0n) is 17.4. The van der Waals surface area contributed by atoms with Crippen LogP contribution in [0, 0.1) is 6.92 Å². The molecule has 0 bridgehead atoms. The normalized spacial score (nSPS) is 20.8. The van der Waals surface area contributed by atoms with E-state index >= 15 is 0 Å². The molecule has 1 amide bonds. The van der Waals surface area contributed by atoms with Crippen molar-refractivity contribution >= 4 is 11.9 Å². The largest absolute Gasteiger partial charge is 0.355 e. The number of aromatic nitrogens is 3. The lowest BCUT2D eigenvalue weighted by molar-refractivity contribution is -0.128. The molecule has 9 heteroatoms. The number of nitrogens with zero attached hydrogens (tertiary/aromatic N) is 6. The van der Waals surface area contributed by atoms with E-state index in [1.165, 1.54) is 12.8 Å². The van der Waals surface area contributed by atoms with Gasteiger partial charge in [-0.05, 0) is 45.7 Å². The van der Waals surface area contributed by atoms with Crippen LogP contribution >= 0.6 is 0 Å². The number of carbonyl (C=O) groups excluding carboxylic acids is 1. The van der Waals surface area contributed by atoms with E-state index in [4.69, 9.17) is 0 Å². The number of likely N-dealkylation sites (tertiary alicyclic amines) is 2. The minimum atomic E-state index is 0.137. The number of hydrogen-bond acceptors (Lipinski definition) is 5. The van der Waals surface area contributed by atoms with E-state index in [0.29, 0.717) is 18.5 Å². The number of guanidine groups is 1. The van der Waals surface area contributed by atoms with Gasteiger partial charge in [-0.1, -0.05) is 6.92 Å². The average molecular weight is 391 g/mol. The van der Waals surface area contributed by atoms with Crippen molar-refractivity contribution in [2.24, 2.45) is 12.0 Å². The van der Waals surface area contributed by atoms with Gasteiger partial charge in [0.2, 0.25) is 5.91 Å². The smallest absolute Gasteiger partial charge is 0.241 e. The zero-order chi connectivity index (χ0) is 19.9. The fraction of sp³-hybridized carbons (Fsp3) is 0.789. The fourth-order valence-electron chi connectivity index (χ4n) is 3.91. The van der Waals surface area contributed by atoms with Crippen molar-refractivity contribution in [3.63, 3.8) is 0 Å². The lowest BCUT2D eigenvalue weighted by Gasteiger charge is -2.24. The highest BCUT2D eigenvalue weighted by atomic mass is 16.2. The number of carbonyl (C=O) groups is 1. The molecule has 1 unspecified atom stereocenters. The van der Waals surface area contributed by atoms with Crippen LogP contribution in [0.15, 0.2) is 4.99 Å². The maximum Gasteiger partial charge on any atom is 0.241 e. The molecule has 2 saturated heterocycles. The van der Waals surface area contributed by atoms with Crippen molar-refractivity contribution < 1.29 is 4.79 Å². The van der Waals surface area contributed by atoms with Gasteiger partial charge < -0.3 is 20.1 Å². The summed E-state index contributed by atoms with van der Waals surface area (Å²) in [6.07, 6.45) is 4.64. The van der Waals surface area contributed by atoms with Crippen LogP contribution in [-0.2, 0) is 18.4 Å². The van der Waals surface area contributed by atoms with Crippen LogP contribution < -0.4 is 10.6 Å². The summed E-state index contributed by atoms with van der Waals surface area (Å²) in [6.45, 7) is 9.61. The van der Waals surface area contributed by atoms with E-state index < -0.39 is 0 Å². The molecule has 1 atom stereocenters. The molecule has 0 aliphatic carbocycles. The summed E-state index contributed by atoms with van der Waals surface area (Å²) < 4.78 is 1.94. The highest BCUT2D eigenvalue weighted by molar-refractivity contribution is 5.86. The molecule has 156 valence electrons. The summed E-state index contributed by atoms with van der Waals surface area (Å²) in [6, 6.07) is 0.517. The van der Waals surface area contributed by atoms with E-state index in [2.05, 4.69) is 37.6 Å². The molecule has 28 heavy (non-hydrogen) atoms. The molecule has 2 fully saturated rings. The van der Waals surface area contributed by atoms with Crippen LogP contribution in [0.1, 0.15) is 44.3 Å². The Hall–Kier alpha value is -2.16. The van der Waals surface area contributed by atoms with Gasteiger partial charge in [-0.3, -0.25) is 9.69 Å². The van der Waals surface area contributed by atoms with Crippen LogP contribution in [0.4, 0.5) is 0 Å². The van der Waals surface area contributed by atoms with Gasteiger partial charge in [-0.25, -0.2) is 4.99 Å². The number of likely N-dealkylation sites (N-methyl/N-ethyl adjacent to an activating group) is 1. The second kappa shape index (κ2) is 9.86. The van der Waals surface area contributed by atoms with Gasteiger partial charge in [0.1, 0.15) is 12.4 Å². The molecule has 0 aromatic carbocycles. The van der Waals surface area contributed by atoms with Crippen LogP contribution in [0.2, 0.25) is 0 Å². The average Bonchev–Trinajstić information content (AvgIpc) is 3.44. The van der Waals surface area contributed by atoms with Crippen LogP contribution in [0.25, 0.3) is 0 Å². The quantitative estimate of drug-likeness (QED) is 0.513. The summed E-state index contributed by atoms with van der Waals surface area (Å²) >= 11 is 0. The predicted octanol–water partition coefficient (Wildman–Crippen LogP) is 0.265. The Morgan fingerprint density at radius 2 is 1.96 bits per heavy atom. The molecule has 2 aliphatic heterocycles. The van der Waals surface area contributed by atoms with Crippen LogP contribution in [0.5, 0.6) is 0 Å². The number of aliphatic imine (C=N–C) groups is 1. The number of amides is 1. The summed E-state index contributed by atoms with van der Waals surface area (Å²) in [5.41, 5.74) is 0. The maximum atomic E-state index is 12.4. The van der Waals surface area contributed by atoms with Gasteiger partial charge >= 0.3 is 0 Å². The van der Waals surface area contributed by atoms with Crippen molar-refractivity contribution in [3.8, 4) is 0 Å². The Balaban J connectivity index is 1.59. The molecule has 9 nitrogen and oxygen atoms in total. The number of hydrogen-bond donors (Lipinski definition) is 2. The van der Waals surface area contributed by atoms with Crippen molar-refractivity contribution in [2.75, 3.05) is 39.3 Å². The molecule has 0 radical (unpaired) electrons. The molecular formula is C19H34N8O. The third-order valence-electron chi connectivity index (χ3n) is 5.84. The molecule has 0 spiro atoms. The minimum Gasteiger partial charge on any atom is -0.355 e. The van der Waals surface area contributed by atoms with Crippen molar-refractivity contribution in [1.29, 1.82) is 0 Å². The molecule has 2 N–H and O–H groups in total.